The zero-order chi connectivity index (χ0) is 18.4. The van der Waals surface area contributed by atoms with Gasteiger partial charge in [-0.1, -0.05) is 48.0 Å². The van der Waals surface area contributed by atoms with Gasteiger partial charge in [0.2, 0.25) is 5.91 Å². The van der Waals surface area contributed by atoms with Crippen LogP contribution in [-0.2, 0) is 11.3 Å². The van der Waals surface area contributed by atoms with Crippen LogP contribution < -0.4 is 4.74 Å². The van der Waals surface area contributed by atoms with Crippen LogP contribution in [-0.4, -0.2) is 17.9 Å². The maximum Gasteiger partial charge on any atom is 0.223 e. The Morgan fingerprint density at radius 1 is 1.11 bits per heavy atom. The van der Waals surface area contributed by atoms with Crippen molar-refractivity contribution in [2.75, 3.05) is 7.11 Å². The van der Waals surface area contributed by atoms with Crippen molar-refractivity contribution in [2.45, 2.75) is 44.7 Å². The lowest BCUT2D eigenvalue weighted by atomic mass is 9.63. The molecule has 0 unspecified atom stereocenters. The van der Waals surface area contributed by atoms with E-state index in [1.807, 2.05) is 12.1 Å². The van der Waals surface area contributed by atoms with E-state index in [1.54, 1.807) is 12.7 Å². The fourth-order valence-electron chi connectivity index (χ4n) is 5.53. The first kappa shape index (κ1) is 16.6. The molecule has 2 aromatic carbocycles. The molecule has 3 nitrogen and oxygen atoms in total. The number of carbonyl (C=O) groups is 1. The van der Waals surface area contributed by atoms with Crippen LogP contribution in [0.15, 0.2) is 54.1 Å². The fraction of sp³-hybridized carbons (Fsp3) is 0.375. The summed E-state index contributed by atoms with van der Waals surface area (Å²) in [5, 5.41) is 0. The molecule has 2 atom stereocenters. The predicted octanol–water partition coefficient (Wildman–Crippen LogP) is 5.13. The van der Waals surface area contributed by atoms with Crippen molar-refractivity contribution in [1.29, 1.82) is 0 Å². The molecule has 5 rings (SSSR count). The molecule has 1 saturated carbocycles. The van der Waals surface area contributed by atoms with E-state index in [9.17, 15) is 4.79 Å². The van der Waals surface area contributed by atoms with Crippen LogP contribution in [0.4, 0.5) is 0 Å². The second-order valence-corrected chi connectivity index (χ2v) is 8.08. The number of ether oxygens (including phenoxy) is 1. The van der Waals surface area contributed by atoms with E-state index in [2.05, 4.69) is 47.4 Å². The lowest BCUT2D eigenvalue weighted by Gasteiger charge is -2.51. The molecular weight excluding hydrogens is 334 g/mol. The van der Waals surface area contributed by atoms with E-state index in [-0.39, 0.29) is 17.4 Å². The molecule has 1 saturated heterocycles. The average Bonchev–Trinajstić information content (AvgIpc) is 3.11. The number of methoxy groups -OCH3 is 1. The van der Waals surface area contributed by atoms with E-state index in [0.29, 0.717) is 13.0 Å². The van der Waals surface area contributed by atoms with Gasteiger partial charge in [-0.3, -0.25) is 4.79 Å². The molecule has 1 amide bonds. The Hall–Kier alpha value is -2.55. The summed E-state index contributed by atoms with van der Waals surface area (Å²) in [7, 11) is 1.71. The highest BCUT2D eigenvalue weighted by atomic mass is 16.5. The Kier molecular flexibility index (Phi) is 3.85. The highest BCUT2D eigenvalue weighted by molar-refractivity contribution is 5.80. The number of piperidine rings is 1. The predicted molar refractivity (Wildman–Crippen MR) is 106 cm³/mol. The molecule has 3 heteroatoms. The minimum atomic E-state index is 0.113. The van der Waals surface area contributed by atoms with Gasteiger partial charge < -0.3 is 9.64 Å². The van der Waals surface area contributed by atoms with Gasteiger partial charge >= 0.3 is 0 Å². The summed E-state index contributed by atoms with van der Waals surface area (Å²) < 4.78 is 5.53. The smallest absolute Gasteiger partial charge is 0.223 e. The van der Waals surface area contributed by atoms with E-state index in [0.717, 1.165) is 18.6 Å². The monoisotopic (exact) mass is 359 g/mol. The van der Waals surface area contributed by atoms with Crippen molar-refractivity contribution in [2.24, 2.45) is 5.41 Å². The third kappa shape index (κ3) is 2.52. The van der Waals surface area contributed by atoms with Gasteiger partial charge in [-0.2, -0.15) is 0 Å². The Bertz CT molecular complexity index is 917. The number of carbonyl (C=O) groups excluding carboxylic acids is 1. The lowest BCUT2D eigenvalue weighted by Crippen LogP contribution is -2.49. The minimum Gasteiger partial charge on any atom is -0.497 e. The topological polar surface area (TPSA) is 29.5 Å². The molecule has 138 valence electrons. The van der Waals surface area contributed by atoms with E-state index in [1.165, 1.54) is 29.5 Å². The number of fused-ring (bicyclic) bond motifs is 2. The molecule has 2 aromatic rings. The molecule has 0 aromatic heterocycles. The number of amides is 1. The molecular formula is C24H25NO2. The van der Waals surface area contributed by atoms with Crippen LogP contribution in [0, 0.1) is 5.41 Å². The SMILES string of the molecule is COc1ccc2c(c1)[C@@H]1N(Cc3ccccc3)C(=O)CC[C@@]13CCCC3=C2. The Morgan fingerprint density at radius 2 is 1.96 bits per heavy atom. The highest BCUT2D eigenvalue weighted by Crippen LogP contribution is 2.62. The summed E-state index contributed by atoms with van der Waals surface area (Å²) in [5.74, 6) is 1.15. The average molecular weight is 359 g/mol. The molecule has 0 radical (unpaired) electrons. The van der Waals surface area contributed by atoms with Gasteiger partial charge in [-0.05, 0) is 54.5 Å². The van der Waals surface area contributed by atoms with Crippen LogP contribution >= 0.6 is 0 Å². The summed E-state index contributed by atoms with van der Waals surface area (Å²) >= 11 is 0. The standard InChI is InChI=1S/C24H25NO2/c1-27-20-10-9-18-14-19-8-5-12-24(19)13-11-22(26)25(23(24)21(18)15-20)16-17-6-3-2-4-7-17/h2-4,6-7,9-10,14-15,23H,5,8,11-13,16H2,1H3/t23-,24+/m0/s1. The summed E-state index contributed by atoms with van der Waals surface area (Å²) in [6, 6.07) is 16.8. The fourth-order valence-corrected chi connectivity index (χ4v) is 5.53. The van der Waals surface area contributed by atoms with Gasteiger partial charge in [0.1, 0.15) is 5.75 Å². The van der Waals surface area contributed by atoms with Crippen molar-refractivity contribution in [3.8, 4) is 5.75 Å². The summed E-state index contributed by atoms with van der Waals surface area (Å²) in [6.45, 7) is 0.677. The normalized spacial score (nSPS) is 26.1. The third-order valence-electron chi connectivity index (χ3n) is 6.76. The van der Waals surface area contributed by atoms with E-state index < -0.39 is 0 Å². The number of likely N-dealkylation sites (tertiary alicyclic amines) is 1. The largest absolute Gasteiger partial charge is 0.497 e. The molecule has 2 aliphatic carbocycles. The summed E-state index contributed by atoms with van der Waals surface area (Å²) in [6.07, 6.45) is 7.59. The van der Waals surface area contributed by atoms with Crippen molar-refractivity contribution >= 4 is 12.0 Å². The Morgan fingerprint density at radius 3 is 2.78 bits per heavy atom. The summed E-state index contributed by atoms with van der Waals surface area (Å²) in [4.78, 5) is 15.2. The molecule has 1 heterocycles. The van der Waals surface area contributed by atoms with Gasteiger partial charge in [-0.15, -0.1) is 0 Å². The van der Waals surface area contributed by atoms with Gasteiger partial charge in [0, 0.05) is 18.4 Å². The van der Waals surface area contributed by atoms with Crippen molar-refractivity contribution in [1.82, 2.24) is 4.90 Å². The zero-order valence-corrected chi connectivity index (χ0v) is 15.8. The maximum absolute atomic E-state index is 13.1. The van der Waals surface area contributed by atoms with Crippen LogP contribution in [0.25, 0.3) is 6.08 Å². The number of nitrogens with zero attached hydrogens (tertiary/aromatic N) is 1. The van der Waals surface area contributed by atoms with Crippen molar-refractivity contribution in [3.63, 3.8) is 0 Å². The highest BCUT2D eigenvalue weighted by Gasteiger charge is 2.54. The first-order chi connectivity index (χ1) is 13.2. The number of rotatable bonds is 3. The van der Waals surface area contributed by atoms with E-state index >= 15 is 0 Å². The Labute approximate surface area is 160 Å². The van der Waals surface area contributed by atoms with Crippen LogP contribution in [0.2, 0.25) is 0 Å². The molecule has 0 bridgehead atoms. The molecule has 3 aliphatic rings. The first-order valence-electron chi connectivity index (χ1n) is 9.94. The van der Waals surface area contributed by atoms with Gasteiger partial charge in [0.05, 0.1) is 13.2 Å². The van der Waals surface area contributed by atoms with E-state index in [4.69, 9.17) is 4.74 Å². The number of hydrogen-bond acceptors (Lipinski definition) is 2. The van der Waals surface area contributed by atoms with Gasteiger partial charge in [0.25, 0.3) is 0 Å². The quantitative estimate of drug-likeness (QED) is 0.761. The second kappa shape index (κ2) is 6.26. The minimum absolute atomic E-state index is 0.113. The van der Waals surface area contributed by atoms with Gasteiger partial charge in [0.15, 0.2) is 0 Å². The molecule has 0 N–H and O–H groups in total. The van der Waals surface area contributed by atoms with Crippen LogP contribution in [0.3, 0.4) is 0 Å². The van der Waals surface area contributed by atoms with Crippen molar-refractivity contribution in [3.05, 3.63) is 70.8 Å². The van der Waals surface area contributed by atoms with Crippen LogP contribution in [0.5, 0.6) is 5.75 Å². The van der Waals surface area contributed by atoms with Crippen molar-refractivity contribution < 1.29 is 9.53 Å². The lowest BCUT2D eigenvalue weighted by molar-refractivity contribution is -0.143. The molecule has 1 aliphatic heterocycles. The molecule has 1 spiro atoms. The Balaban J connectivity index is 1.65. The molecule has 2 fully saturated rings. The zero-order valence-electron chi connectivity index (χ0n) is 15.8. The first-order valence-corrected chi connectivity index (χ1v) is 9.94. The second-order valence-electron chi connectivity index (χ2n) is 8.08. The number of benzene rings is 2. The molecule has 27 heavy (non-hydrogen) atoms. The summed E-state index contributed by atoms with van der Waals surface area (Å²) in [5.41, 5.74) is 5.37. The number of hydrogen-bond donors (Lipinski definition) is 0. The van der Waals surface area contributed by atoms with Crippen LogP contribution in [0.1, 0.15) is 54.8 Å². The maximum atomic E-state index is 13.1. The third-order valence-corrected chi connectivity index (χ3v) is 6.76. The van der Waals surface area contributed by atoms with Gasteiger partial charge in [-0.25, -0.2) is 0 Å².